The van der Waals surface area contributed by atoms with E-state index in [1.807, 2.05) is 0 Å². The minimum Gasteiger partial charge on any atom is -0.278 e. The van der Waals surface area contributed by atoms with Gasteiger partial charge in [0.1, 0.15) is 0 Å². The van der Waals surface area contributed by atoms with Crippen LogP contribution in [0.1, 0.15) is 5.82 Å². The lowest BCUT2D eigenvalue weighted by Gasteiger charge is -2.06. The topological polar surface area (TPSA) is 73.3 Å². The third-order valence-corrected chi connectivity index (χ3v) is 3.07. The largest absolute Gasteiger partial charge is 0.452 e. The summed E-state index contributed by atoms with van der Waals surface area (Å²) in [7, 11) is 0. The van der Waals surface area contributed by atoms with E-state index in [4.69, 9.17) is 0 Å². The molecule has 2 aromatic heterocycles. The Balaban J connectivity index is 2.09. The van der Waals surface area contributed by atoms with E-state index in [1.165, 1.54) is 36.5 Å². The Hall–Kier alpha value is -2.97. The van der Waals surface area contributed by atoms with E-state index >= 15 is 0 Å². The SMILES string of the molecule is O=[N+]([O-])c1ccc(-c2ccc3nnc(C(F)(F)F)n3c2)cc1. The third-order valence-electron chi connectivity index (χ3n) is 3.07. The molecule has 0 aliphatic carbocycles. The minimum absolute atomic E-state index is 0.0676. The summed E-state index contributed by atoms with van der Waals surface area (Å²) in [6, 6.07) is 8.49. The molecule has 2 heterocycles. The Bertz CT molecular complexity index is 856. The molecule has 0 amide bonds. The van der Waals surface area contributed by atoms with Crippen molar-refractivity contribution in [2.75, 3.05) is 0 Å². The quantitative estimate of drug-likeness (QED) is 0.537. The summed E-state index contributed by atoms with van der Waals surface area (Å²) in [5.74, 6) is -1.12. The predicted octanol–water partition coefficient (Wildman–Crippen LogP) is 3.32. The van der Waals surface area contributed by atoms with Crippen LogP contribution >= 0.6 is 0 Å². The number of halogens is 3. The van der Waals surface area contributed by atoms with Crippen LogP contribution in [-0.2, 0) is 6.18 Å². The molecule has 0 aliphatic rings. The van der Waals surface area contributed by atoms with Gasteiger partial charge in [-0.1, -0.05) is 0 Å². The van der Waals surface area contributed by atoms with Gasteiger partial charge in [0.15, 0.2) is 5.65 Å². The van der Waals surface area contributed by atoms with Gasteiger partial charge in [-0.3, -0.25) is 14.5 Å². The number of nitrogens with zero attached hydrogens (tertiary/aromatic N) is 4. The van der Waals surface area contributed by atoms with Gasteiger partial charge in [-0.2, -0.15) is 13.2 Å². The fourth-order valence-corrected chi connectivity index (χ4v) is 2.03. The number of non-ortho nitro benzene ring substituents is 1. The molecule has 0 saturated carbocycles. The first-order chi connectivity index (χ1) is 10.4. The summed E-state index contributed by atoms with van der Waals surface area (Å²) in [6.07, 6.45) is -3.37. The summed E-state index contributed by atoms with van der Waals surface area (Å²) in [5, 5.41) is 17.2. The number of hydrogen-bond donors (Lipinski definition) is 0. The number of nitro benzene ring substituents is 1. The van der Waals surface area contributed by atoms with Crippen LogP contribution in [0.2, 0.25) is 0 Å². The summed E-state index contributed by atoms with van der Waals surface area (Å²) in [5.41, 5.74) is 0.991. The molecule has 0 spiro atoms. The van der Waals surface area contributed by atoms with Crippen molar-refractivity contribution in [3.8, 4) is 11.1 Å². The Morgan fingerprint density at radius 3 is 2.23 bits per heavy atom. The van der Waals surface area contributed by atoms with Gasteiger partial charge in [0.2, 0.25) is 5.82 Å². The van der Waals surface area contributed by atoms with Crippen molar-refractivity contribution in [3.63, 3.8) is 0 Å². The number of hydrogen-bond acceptors (Lipinski definition) is 4. The molecule has 3 aromatic rings. The molecular weight excluding hydrogens is 301 g/mol. The Kier molecular flexibility index (Phi) is 3.05. The summed E-state index contributed by atoms with van der Waals surface area (Å²) >= 11 is 0. The molecule has 22 heavy (non-hydrogen) atoms. The number of alkyl halides is 3. The van der Waals surface area contributed by atoms with Crippen molar-refractivity contribution >= 4 is 11.3 Å². The monoisotopic (exact) mass is 308 g/mol. The number of benzene rings is 1. The fourth-order valence-electron chi connectivity index (χ4n) is 2.03. The third kappa shape index (κ3) is 2.36. The van der Waals surface area contributed by atoms with E-state index in [1.54, 1.807) is 6.07 Å². The molecule has 0 unspecified atom stereocenters. The molecule has 0 aliphatic heterocycles. The lowest BCUT2D eigenvalue weighted by molar-refractivity contribution is -0.384. The van der Waals surface area contributed by atoms with Gasteiger partial charge < -0.3 is 0 Å². The molecule has 0 bridgehead atoms. The van der Waals surface area contributed by atoms with Crippen LogP contribution in [0.15, 0.2) is 42.6 Å². The van der Waals surface area contributed by atoms with E-state index in [9.17, 15) is 23.3 Å². The predicted molar refractivity (Wildman–Crippen MR) is 70.1 cm³/mol. The minimum atomic E-state index is -4.62. The normalized spacial score (nSPS) is 11.8. The van der Waals surface area contributed by atoms with Gasteiger partial charge in [0, 0.05) is 18.3 Å². The highest BCUT2D eigenvalue weighted by Crippen LogP contribution is 2.29. The average Bonchev–Trinajstić information content (AvgIpc) is 2.90. The summed E-state index contributed by atoms with van der Waals surface area (Å²) in [4.78, 5) is 10.1. The van der Waals surface area contributed by atoms with Gasteiger partial charge in [-0.15, -0.1) is 10.2 Å². The van der Waals surface area contributed by atoms with Gasteiger partial charge >= 0.3 is 6.18 Å². The second-order valence-corrected chi connectivity index (χ2v) is 4.47. The first-order valence-corrected chi connectivity index (χ1v) is 6.03. The summed E-state index contributed by atoms with van der Waals surface area (Å²) in [6.45, 7) is 0. The molecule has 9 heteroatoms. The van der Waals surface area contributed by atoms with Crippen molar-refractivity contribution < 1.29 is 18.1 Å². The molecular formula is C13H7F3N4O2. The van der Waals surface area contributed by atoms with Gasteiger partial charge in [-0.05, 0) is 35.4 Å². The Labute approximate surface area is 121 Å². The highest BCUT2D eigenvalue weighted by atomic mass is 19.4. The lowest BCUT2D eigenvalue weighted by atomic mass is 10.1. The van der Waals surface area contributed by atoms with E-state index < -0.39 is 16.9 Å². The van der Waals surface area contributed by atoms with Crippen LogP contribution in [0.4, 0.5) is 18.9 Å². The van der Waals surface area contributed by atoms with Crippen molar-refractivity contribution in [1.29, 1.82) is 0 Å². The van der Waals surface area contributed by atoms with Crippen LogP contribution in [0.3, 0.4) is 0 Å². The first kappa shape index (κ1) is 14.0. The van der Waals surface area contributed by atoms with Gasteiger partial charge in [0.05, 0.1) is 4.92 Å². The van der Waals surface area contributed by atoms with Gasteiger partial charge in [0.25, 0.3) is 5.69 Å². The maximum Gasteiger partial charge on any atom is 0.452 e. The summed E-state index contributed by atoms with van der Waals surface area (Å²) < 4.78 is 39.3. The molecule has 1 aromatic carbocycles. The molecule has 0 fully saturated rings. The zero-order valence-corrected chi connectivity index (χ0v) is 10.8. The van der Waals surface area contributed by atoms with E-state index in [0.717, 1.165) is 4.40 Å². The van der Waals surface area contributed by atoms with Crippen molar-refractivity contribution in [2.45, 2.75) is 6.18 Å². The molecule has 0 N–H and O–H groups in total. The number of nitro groups is 1. The van der Waals surface area contributed by atoms with E-state index in [-0.39, 0.29) is 11.3 Å². The highest BCUT2D eigenvalue weighted by molar-refractivity contribution is 5.65. The van der Waals surface area contributed by atoms with Crippen molar-refractivity contribution in [3.05, 3.63) is 58.5 Å². The van der Waals surface area contributed by atoms with Crippen LogP contribution in [0.25, 0.3) is 16.8 Å². The van der Waals surface area contributed by atoms with Crippen LogP contribution in [0, 0.1) is 10.1 Å². The number of rotatable bonds is 2. The van der Waals surface area contributed by atoms with Crippen molar-refractivity contribution in [1.82, 2.24) is 14.6 Å². The average molecular weight is 308 g/mol. The molecule has 3 rings (SSSR count). The standard InChI is InChI=1S/C13H7F3N4O2/c14-13(15,16)12-18-17-11-6-3-9(7-19(11)12)8-1-4-10(5-2-8)20(21)22/h1-7H. The highest BCUT2D eigenvalue weighted by Gasteiger charge is 2.36. The fraction of sp³-hybridized carbons (Fsp3) is 0.0769. The zero-order chi connectivity index (χ0) is 15.9. The lowest BCUT2D eigenvalue weighted by Crippen LogP contribution is -2.10. The second kappa shape index (κ2) is 4.79. The maximum atomic E-state index is 12.8. The molecule has 6 nitrogen and oxygen atoms in total. The van der Waals surface area contributed by atoms with Gasteiger partial charge in [-0.25, -0.2) is 0 Å². The maximum absolute atomic E-state index is 12.8. The number of aromatic nitrogens is 3. The van der Waals surface area contributed by atoms with Crippen LogP contribution in [-0.4, -0.2) is 19.5 Å². The van der Waals surface area contributed by atoms with Crippen LogP contribution in [0.5, 0.6) is 0 Å². The molecule has 0 radical (unpaired) electrons. The van der Waals surface area contributed by atoms with Crippen molar-refractivity contribution in [2.24, 2.45) is 0 Å². The second-order valence-electron chi connectivity index (χ2n) is 4.47. The van der Waals surface area contributed by atoms with E-state index in [0.29, 0.717) is 11.1 Å². The first-order valence-electron chi connectivity index (χ1n) is 6.03. The molecule has 112 valence electrons. The zero-order valence-electron chi connectivity index (χ0n) is 10.8. The Morgan fingerprint density at radius 1 is 1.00 bits per heavy atom. The molecule has 0 saturated heterocycles. The number of fused-ring (bicyclic) bond motifs is 1. The van der Waals surface area contributed by atoms with Crippen LogP contribution < -0.4 is 0 Å². The Morgan fingerprint density at radius 2 is 1.64 bits per heavy atom. The number of pyridine rings is 1. The van der Waals surface area contributed by atoms with E-state index in [2.05, 4.69) is 10.2 Å². The molecule has 0 atom stereocenters. The smallest absolute Gasteiger partial charge is 0.278 e.